The van der Waals surface area contributed by atoms with Crippen LogP contribution >= 0.6 is 0 Å². The molecule has 0 rings (SSSR count). The molecule has 0 aromatic heterocycles. The van der Waals surface area contributed by atoms with E-state index in [1.807, 2.05) is 6.92 Å². The first-order valence-corrected chi connectivity index (χ1v) is 7.65. The van der Waals surface area contributed by atoms with E-state index < -0.39 is 24.0 Å². The molecule has 0 spiro atoms. The second kappa shape index (κ2) is 9.47. The van der Waals surface area contributed by atoms with Crippen molar-refractivity contribution < 1.29 is 29.3 Å². The van der Waals surface area contributed by atoms with Crippen LogP contribution in [-0.4, -0.2) is 34.2 Å². The molecule has 0 amide bonds. The minimum Gasteiger partial charge on any atom is -0.395 e. The Hall–Kier alpha value is -1.66. The Bertz CT molecular complexity index is 424. The number of ether oxygens (including phenoxy) is 2. The predicted octanol–water partition coefficient (Wildman–Crippen LogP) is 2.45. The van der Waals surface area contributed by atoms with Crippen LogP contribution in [0.1, 0.15) is 53.4 Å². The Labute approximate surface area is 137 Å². The zero-order valence-electron chi connectivity index (χ0n) is 14.4. The highest BCUT2D eigenvalue weighted by atomic mass is 16.8. The summed E-state index contributed by atoms with van der Waals surface area (Å²) in [5, 5.41) is 19.7. The lowest BCUT2D eigenvalue weighted by Gasteiger charge is -2.29. The van der Waals surface area contributed by atoms with E-state index in [1.54, 1.807) is 6.92 Å². The van der Waals surface area contributed by atoms with Gasteiger partial charge in [0.1, 0.15) is 0 Å². The van der Waals surface area contributed by atoms with Crippen LogP contribution in [0.3, 0.4) is 0 Å². The summed E-state index contributed by atoms with van der Waals surface area (Å²) in [7, 11) is 0. The minimum absolute atomic E-state index is 0.0785. The lowest BCUT2D eigenvalue weighted by molar-refractivity contribution is -0.328. The van der Waals surface area contributed by atoms with Crippen LogP contribution in [0.25, 0.3) is 0 Å². The van der Waals surface area contributed by atoms with Gasteiger partial charge in [0.25, 0.3) is 0 Å². The van der Waals surface area contributed by atoms with Crippen LogP contribution in [0.5, 0.6) is 0 Å². The number of aliphatic hydroxyl groups is 2. The minimum atomic E-state index is -2.36. The molecule has 0 fully saturated rings. The van der Waals surface area contributed by atoms with Gasteiger partial charge in [-0.1, -0.05) is 32.9 Å². The molecule has 132 valence electrons. The molecule has 6 heteroatoms. The lowest BCUT2D eigenvalue weighted by atomic mass is 9.98. The van der Waals surface area contributed by atoms with Crippen molar-refractivity contribution in [2.45, 2.75) is 65.5 Å². The van der Waals surface area contributed by atoms with Crippen LogP contribution in [0.4, 0.5) is 0 Å². The second-order valence-electron chi connectivity index (χ2n) is 6.14. The molecule has 0 radical (unpaired) electrons. The van der Waals surface area contributed by atoms with Crippen molar-refractivity contribution in [1.82, 2.24) is 0 Å². The number of carbonyl (C=O) groups excluding carboxylic acids is 2. The topological polar surface area (TPSA) is 93.1 Å². The van der Waals surface area contributed by atoms with Gasteiger partial charge in [-0.2, -0.15) is 0 Å². The van der Waals surface area contributed by atoms with Gasteiger partial charge in [-0.05, 0) is 33.1 Å². The molecule has 0 aliphatic carbocycles. The molecule has 23 heavy (non-hydrogen) atoms. The number of esters is 2. The molecule has 0 aromatic rings. The summed E-state index contributed by atoms with van der Waals surface area (Å²) in [6.45, 7) is 13.2. The van der Waals surface area contributed by atoms with Crippen LogP contribution in [0.2, 0.25) is 0 Å². The van der Waals surface area contributed by atoms with Crippen LogP contribution in [0.15, 0.2) is 24.3 Å². The van der Waals surface area contributed by atoms with Crippen molar-refractivity contribution in [3.63, 3.8) is 0 Å². The largest absolute Gasteiger partial charge is 0.395 e. The van der Waals surface area contributed by atoms with Gasteiger partial charge in [0, 0.05) is 11.1 Å². The van der Waals surface area contributed by atoms with Gasteiger partial charge in [0.15, 0.2) is 0 Å². The van der Waals surface area contributed by atoms with Crippen molar-refractivity contribution in [2.24, 2.45) is 5.92 Å². The maximum atomic E-state index is 11.7. The molecule has 0 aliphatic heterocycles. The summed E-state index contributed by atoms with van der Waals surface area (Å²) >= 11 is 0. The maximum absolute atomic E-state index is 11.7. The molecule has 0 heterocycles. The molecule has 2 unspecified atom stereocenters. The second-order valence-corrected chi connectivity index (χ2v) is 6.14. The van der Waals surface area contributed by atoms with E-state index in [0.717, 1.165) is 6.42 Å². The average molecular weight is 328 g/mol. The first kappa shape index (κ1) is 21.3. The third kappa shape index (κ3) is 9.15. The highest BCUT2D eigenvalue weighted by Crippen LogP contribution is 2.26. The summed E-state index contributed by atoms with van der Waals surface area (Å²) in [5.74, 6) is -4.16. The van der Waals surface area contributed by atoms with Gasteiger partial charge < -0.3 is 19.7 Å². The number of aliphatic hydroxyl groups excluding tert-OH is 1. The number of hydrogen-bond donors (Lipinski definition) is 2. The number of rotatable bonds is 10. The quantitative estimate of drug-likeness (QED) is 0.363. The average Bonchev–Trinajstić information content (AvgIpc) is 2.36. The first-order valence-electron chi connectivity index (χ1n) is 7.65. The standard InChI is InChI=1S/C17H28O6/c1-11(2)15(19)22-17(21,23-16(20)12(3)4)10-13(5)8-7-9-14(6)18/h13-14,18,21H,1,3,7-10H2,2,4-6H3. The zero-order valence-corrected chi connectivity index (χ0v) is 14.4. The Morgan fingerprint density at radius 1 is 1.04 bits per heavy atom. The molecule has 6 nitrogen and oxygen atoms in total. The van der Waals surface area contributed by atoms with Crippen molar-refractivity contribution in [1.29, 1.82) is 0 Å². The van der Waals surface area contributed by atoms with E-state index in [4.69, 9.17) is 9.47 Å². The lowest BCUT2D eigenvalue weighted by Crippen LogP contribution is -2.42. The summed E-state index contributed by atoms with van der Waals surface area (Å²) in [6.07, 6.45) is 1.55. The van der Waals surface area contributed by atoms with E-state index in [-0.39, 0.29) is 23.5 Å². The molecule has 0 saturated carbocycles. The van der Waals surface area contributed by atoms with E-state index in [0.29, 0.717) is 12.8 Å². The normalized spacial score (nSPS) is 13.8. The smallest absolute Gasteiger partial charge is 0.373 e. The number of carbonyl (C=O) groups is 2. The molecule has 0 aliphatic rings. The predicted molar refractivity (Wildman–Crippen MR) is 86.1 cm³/mol. The molecule has 0 aromatic carbocycles. The molecule has 0 bridgehead atoms. The third-order valence-corrected chi connectivity index (χ3v) is 3.13. The van der Waals surface area contributed by atoms with Crippen molar-refractivity contribution in [3.8, 4) is 0 Å². The van der Waals surface area contributed by atoms with E-state index in [2.05, 4.69) is 13.2 Å². The SMILES string of the molecule is C=C(C)C(=O)OC(O)(CC(C)CCCC(C)O)OC(=O)C(=C)C. The molecule has 2 N–H and O–H groups in total. The monoisotopic (exact) mass is 328 g/mol. The zero-order chi connectivity index (χ0) is 18.2. The van der Waals surface area contributed by atoms with Gasteiger partial charge in [0.05, 0.1) is 12.5 Å². The van der Waals surface area contributed by atoms with Crippen molar-refractivity contribution in [3.05, 3.63) is 24.3 Å². The van der Waals surface area contributed by atoms with Gasteiger partial charge >= 0.3 is 17.9 Å². The van der Waals surface area contributed by atoms with Gasteiger partial charge in [0.2, 0.25) is 0 Å². The first-order chi connectivity index (χ1) is 10.5. The van der Waals surface area contributed by atoms with E-state index in [9.17, 15) is 19.8 Å². The third-order valence-electron chi connectivity index (χ3n) is 3.13. The molecule has 2 atom stereocenters. The fourth-order valence-corrected chi connectivity index (χ4v) is 1.87. The Morgan fingerprint density at radius 2 is 1.48 bits per heavy atom. The number of hydrogen-bond acceptors (Lipinski definition) is 6. The highest BCUT2D eigenvalue weighted by molar-refractivity contribution is 5.88. The van der Waals surface area contributed by atoms with E-state index in [1.165, 1.54) is 13.8 Å². The van der Waals surface area contributed by atoms with Crippen LogP contribution < -0.4 is 0 Å². The Morgan fingerprint density at radius 3 is 1.83 bits per heavy atom. The van der Waals surface area contributed by atoms with E-state index >= 15 is 0 Å². The molecular weight excluding hydrogens is 300 g/mol. The summed E-state index contributed by atoms with van der Waals surface area (Å²) < 4.78 is 9.80. The fourth-order valence-electron chi connectivity index (χ4n) is 1.87. The summed E-state index contributed by atoms with van der Waals surface area (Å²) in [5.41, 5.74) is 0.160. The Balaban J connectivity index is 4.89. The van der Waals surface area contributed by atoms with Crippen LogP contribution in [0, 0.1) is 5.92 Å². The van der Waals surface area contributed by atoms with Gasteiger partial charge in [-0.3, -0.25) is 0 Å². The molecule has 0 saturated heterocycles. The van der Waals surface area contributed by atoms with Crippen molar-refractivity contribution >= 4 is 11.9 Å². The highest BCUT2D eigenvalue weighted by Gasteiger charge is 2.38. The molecular formula is C17H28O6. The van der Waals surface area contributed by atoms with Crippen molar-refractivity contribution in [2.75, 3.05) is 0 Å². The van der Waals surface area contributed by atoms with Gasteiger partial charge in [-0.15, -0.1) is 0 Å². The summed E-state index contributed by atoms with van der Waals surface area (Å²) in [6, 6.07) is 0. The van der Waals surface area contributed by atoms with Gasteiger partial charge in [-0.25, -0.2) is 9.59 Å². The maximum Gasteiger partial charge on any atom is 0.373 e. The van der Waals surface area contributed by atoms with Crippen LogP contribution in [-0.2, 0) is 19.1 Å². The Kier molecular flexibility index (Phi) is 8.79. The summed E-state index contributed by atoms with van der Waals surface area (Å²) in [4.78, 5) is 23.3. The fraction of sp³-hybridized carbons (Fsp3) is 0.647.